The van der Waals surface area contributed by atoms with Crippen LogP contribution in [0.25, 0.3) is 0 Å². The van der Waals surface area contributed by atoms with Crippen molar-refractivity contribution < 1.29 is 55.3 Å². The molecule has 12 nitrogen and oxygen atoms in total. The second kappa shape index (κ2) is 29.4. The Morgan fingerprint density at radius 2 is 1.19 bits per heavy atom. The Balaban J connectivity index is 0.977. The van der Waals surface area contributed by atoms with E-state index >= 15 is 0 Å². The topological polar surface area (TPSA) is 111 Å². The largest absolute Gasteiger partial charge is 0.489 e. The minimum atomic E-state index is -2.74. The summed E-state index contributed by atoms with van der Waals surface area (Å²) in [4.78, 5) is 0. The number of benzene rings is 2. The smallest absolute Gasteiger partial charge is 0.261 e. The zero-order chi connectivity index (χ0) is 71.6. The second-order valence-corrected chi connectivity index (χ2v) is 61.1. The molecule has 0 aliphatic carbocycles. The molecule has 16 atom stereocenters. The van der Waals surface area contributed by atoms with Gasteiger partial charge in [0.15, 0.2) is 25.0 Å². The van der Waals surface area contributed by atoms with Crippen molar-refractivity contribution in [2.45, 2.75) is 395 Å². The van der Waals surface area contributed by atoms with Gasteiger partial charge in [0.2, 0.25) is 8.32 Å². The Kier molecular flexibility index (Phi) is 24.1. The van der Waals surface area contributed by atoms with Crippen molar-refractivity contribution in [1.82, 2.24) is 0 Å². The molecule has 7 aliphatic heterocycles. The molecule has 0 bridgehead atoms. The van der Waals surface area contributed by atoms with Gasteiger partial charge in [0, 0.05) is 45.1 Å². The van der Waals surface area contributed by atoms with Crippen LogP contribution in [0, 0.1) is 0 Å². The first-order valence-corrected chi connectivity index (χ1v) is 50.8. The van der Waals surface area contributed by atoms with Crippen molar-refractivity contribution in [3.8, 4) is 0 Å². The maximum atomic E-state index is 8.08. The summed E-state index contributed by atoms with van der Waals surface area (Å²) >= 11 is 0. The van der Waals surface area contributed by atoms with Gasteiger partial charge in [0.25, 0.3) is 8.32 Å². The SMILES string of the molecule is CC[Si](CC)(CC)O[C@H]1C[C@@]2(C)O[C@@]3(C)[C@@H](O[Si](C(C)C)(C(C)C)C(C)C)C[C@H](CCCO[Si](c4ccccc4)(c4ccccc4)C(C)(C)C)O[C@@H]3C[C@@H]2O[C@@H]1CC1=CCC[C@@H]2O[C@@H]3C[C@@H]4O[C@H](CO[Si](C)(C)C(C)(C)C)[C@@](C)(O[Si](C)(C)C(C)(C)C)C=C[C@H]4O[C@@]3(C)C[C@@]2(C)O1. The summed E-state index contributed by atoms with van der Waals surface area (Å²) in [5, 5.41) is 2.54. The lowest BCUT2D eigenvalue weighted by molar-refractivity contribution is -0.353. The van der Waals surface area contributed by atoms with Crippen molar-refractivity contribution in [2.75, 3.05) is 13.2 Å². The van der Waals surface area contributed by atoms with Crippen LogP contribution < -0.4 is 10.4 Å². The average molecular weight is 1430 g/mol. The molecule has 0 radical (unpaired) electrons. The molecular weight excluding hydrogens is 1290 g/mol. The van der Waals surface area contributed by atoms with Gasteiger partial charge in [0.1, 0.15) is 29.0 Å². The fourth-order valence-electron chi connectivity index (χ4n) is 18.3. The zero-order valence-electron chi connectivity index (χ0n) is 66.1. The molecule has 97 heavy (non-hydrogen) atoms. The molecule has 5 fully saturated rings. The molecule has 0 amide bonds. The van der Waals surface area contributed by atoms with Crippen LogP contribution in [0.15, 0.2) is 84.7 Å². The van der Waals surface area contributed by atoms with Crippen molar-refractivity contribution in [3.63, 3.8) is 0 Å². The summed E-state index contributed by atoms with van der Waals surface area (Å²) in [6, 6.07) is 25.2. The van der Waals surface area contributed by atoms with E-state index in [9.17, 15) is 0 Å². The lowest BCUT2D eigenvalue weighted by atomic mass is 9.73. The van der Waals surface area contributed by atoms with Crippen LogP contribution in [0.3, 0.4) is 0 Å². The van der Waals surface area contributed by atoms with Crippen LogP contribution in [0.2, 0.25) is 76.1 Å². The van der Waals surface area contributed by atoms with Gasteiger partial charge in [0.05, 0.1) is 78.5 Å². The molecule has 17 heteroatoms. The van der Waals surface area contributed by atoms with E-state index in [1.54, 1.807) is 0 Å². The first-order valence-electron chi connectivity index (χ1n) is 38.5. The van der Waals surface area contributed by atoms with Crippen LogP contribution in [-0.2, 0) is 55.3 Å². The minimum absolute atomic E-state index is 0.000895. The van der Waals surface area contributed by atoms with Gasteiger partial charge in [-0.1, -0.05) is 197 Å². The Hall–Kier alpha value is -1.64. The van der Waals surface area contributed by atoms with Gasteiger partial charge in [-0.2, -0.15) is 0 Å². The molecule has 0 spiro atoms. The summed E-state index contributed by atoms with van der Waals surface area (Å²) in [6.45, 7) is 64.2. The molecule has 7 heterocycles. The van der Waals surface area contributed by atoms with Gasteiger partial charge in [-0.05, 0) is 153 Å². The van der Waals surface area contributed by atoms with E-state index in [4.69, 9.17) is 55.3 Å². The van der Waals surface area contributed by atoms with E-state index < -0.39 is 69.6 Å². The number of fused-ring (bicyclic) bond motifs is 5. The average Bonchev–Trinajstić information content (AvgIpc) is 1.71. The maximum absolute atomic E-state index is 8.08. The van der Waals surface area contributed by atoms with Gasteiger partial charge in [-0.15, -0.1) is 0 Å². The van der Waals surface area contributed by atoms with E-state index in [0.717, 1.165) is 56.0 Å². The van der Waals surface area contributed by atoms with Gasteiger partial charge in [-0.25, -0.2) is 0 Å². The Bertz CT molecular complexity index is 2900. The number of hydrogen-bond donors (Lipinski definition) is 0. The first kappa shape index (κ1) is 79.5. The monoisotopic (exact) mass is 1430 g/mol. The molecule has 0 aromatic heterocycles. The van der Waals surface area contributed by atoms with Gasteiger partial charge in [-0.3, -0.25) is 0 Å². The molecular formula is C80H138O12Si5. The standard InChI is InChI=1S/C80H138O12Si5/c1-28-95(29-2,30-3)89-66-53-77(20)69(52-70-80(23,91-77)71(90-96(56(4)5,57(6)7)58(8)9)50-59(83-70)40-38-48-81-97(75(16,17)18,61-41-33-31-34-42-61)62-43-35-32-36-44-62)84-64(66)49-60-39-37-45-67-78(21,87-60)55-79(22)68(86-67)51-65-63(88-79)46-47-76(19,92-94(26,27)74(13,14)15)72(85-65)54-82-93(24,25)73(10,11)12/h31-36,39,41-44,46-47,56-59,63-72H,28-30,37-38,40,45,48-55H2,1-27H3/t59-,63+,64+,65-,66-,67-,68+,69-,70+,71-,72+,76-,77+,78+,79-,80+/m0/s1. The third kappa shape index (κ3) is 15.9. The number of allylic oxidation sites excluding steroid dienone is 1. The lowest BCUT2D eigenvalue weighted by Crippen LogP contribution is -2.73. The number of rotatable bonds is 24. The predicted octanol–water partition coefficient (Wildman–Crippen LogP) is 19.2. The van der Waals surface area contributed by atoms with Crippen LogP contribution in [-0.4, -0.2) is 150 Å². The lowest BCUT2D eigenvalue weighted by Gasteiger charge is -2.62. The number of hydrogen-bond acceptors (Lipinski definition) is 12. The molecule has 7 aliphatic rings. The quantitative estimate of drug-likeness (QED) is 0.0567. The summed E-state index contributed by atoms with van der Waals surface area (Å²) in [6.07, 6.45) is 11.9. The Morgan fingerprint density at radius 1 is 0.608 bits per heavy atom. The van der Waals surface area contributed by atoms with Crippen LogP contribution in [0.5, 0.6) is 0 Å². The molecule has 550 valence electrons. The molecule has 5 saturated heterocycles. The van der Waals surface area contributed by atoms with Crippen LogP contribution in [0.4, 0.5) is 0 Å². The fourth-order valence-corrected chi connectivity index (χ4v) is 34.0. The van der Waals surface area contributed by atoms with Crippen molar-refractivity contribution in [2.24, 2.45) is 0 Å². The normalized spacial score (nSPS) is 34.8. The van der Waals surface area contributed by atoms with E-state index in [-0.39, 0.29) is 82.3 Å². The molecule has 9 rings (SSSR count). The Morgan fingerprint density at radius 3 is 1.73 bits per heavy atom. The fraction of sp³-hybridized carbons (Fsp3) is 0.800. The summed E-state index contributed by atoms with van der Waals surface area (Å²) in [5.74, 6) is 0.950. The predicted molar refractivity (Wildman–Crippen MR) is 410 cm³/mol. The second-order valence-electron chi connectivity index (χ2n) is 37.1. The molecule has 2 aromatic carbocycles. The Labute approximate surface area is 596 Å². The molecule has 0 saturated carbocycles. The van der Waals surface area contributed by atoms with Crippen molar-refractivity contribution in [3.05, 3.63) is 84.7 Å². The maximum Gasteiger partial charge on any atom is 0.261 e. The zero-order valence-corrected chi connectivity index (χ0v) is 71.1. The summed E-state index contributed by atoms with van der Waals surface area (Å²) < 4.78 is 91.0. The first-order chi connectivity index (χ1) is 44.9. The highest BCUT2D eigenvalue weighted by atomic mass is 28.4. The highest BCUT2D eigenvalue weighted by Gasteiger charge is 2.66. The number of ether oxygens (including phenoxy) is 7. The highest BCUT2D eigenvalue weighted by Crippen LogP contribution is 2.56. The molecule has 0 unspecified atom stereocenters. The van der Waals surface area contributed by atoms with Crippen LogP contribution >= 0.6 is 0 Å². The van der Waals surface area contributed by atoms with E-state index in [2.05, 4.69) is 264 Å². The summed E-state index contributed by atoms with van der Waals surface area (Å²) in [7, 11) is -11.8. The van der Waals surface area contributed by atoms with Gasteiger partial charge >= 0.3 is 0 Å². The summed E-state index contributed by atoms with van der Waals surface area (Å²) in [5.41, 5.74) is -2.25. The highest BCUT2D eigenvalue weighted by molar-refractivity contribution is 6.99. The van der Waals surface area contributed by atoms with Crippen LogP contribution in [0.1, 0.15) is 223 Å². The third-order valence-corrected chi connectivity index (χ3v) is 51.2. The molecule has 2 aromatic rings. The van der Waals surface area contributed by atoms with E-state index in [0.29, 0.717) is 61.9 Å². The van der Waals surface area contributed by atoms with Gasteiger partial charge < -0.3 is 55.3 Å². The van der Waals surface area contributed by atoms with Crippen molar-refractivity contribution in [1.29, 1.82) is 0 Å². The third-order valence-electron chi connectivity index (χ3n) is 26.3. The molecule has 0 N–H and O–H groups in total. The van der Waals surface area contributed by atoms with Crippen molar-refractivity contribution >= 4 is 52.0 Å². The minimum Gasteiger partial charge on any atom is -0.489 e. The van der Waals surface area contributed by atoms with E-state index in [1.165, 1.54) is 10.4 Å². The van der Waals surface area contributed by atoms with E-state index in [1.807, 2.05) is 0 Å².